The predicted octanol–water partition coefficient (Wildman–Crippen LogP) is 3.05. The minimum Gasteiger partial charge on any atom is -0.507 e. The zero-order valence-electron chi connectivity index (χ0n) is 14.1. The summed E-state index contributed by atoms with van der Waals surface area (Å²) in [5.74, 6) is -1.17. The molecule has 5 nitrogen and oxygen atoms in total. The Balaban J connectivity index is 1.59. The number of nitrogens with one attached hydrogen (secondary N) is 1. The molecule has 0 bridgehead atoms. The van der Waals surface area contributed by atoms with Crippen LogP contribution in [0.5, 0.6) is 5.75 Å². The molecule has 1 aliphatic carbocycles. The van der Waals surface area contributed by atoms with Gasteiger partial charge in [0.1, 0.15) is 11.3 Å². The Morgan fingerprint density at radius 3 is 2.84 bits per heavy atom. The largest absolute Gasteiger partial charge is 0.507 e. The van der Waals surface area contributed by atoms with Gasteiger partial charge in [-0.2, -0.15) is 0 Å². The number of rotatable bonds is 4. The zero-order chi connectivity index (χ0) is 17.8. The van der Waals surface area contributed by atoms with Crippen molar-refractivity contribution in [2.75, 3.05) is 6.61 Å². The van der Waals surface area contributed by atoms with Gasteiger partial charge in [0.05, 0.1) is 6.04 Å². The van der Waals surface area contributed by atoms with Gasteiger partial charge in [0.15, 0.2) is 6.61 Å². The molecule has 130 valence electrons. The van der Waals surface area contributed by atoms with E-state index in [0.717, 1.165) is 24.8 Å². The molecule has 0 aromatic heterocycles. The third-order valence-electron chi connectivity index (χ3n) is 4.50. The van der Waals surface area contributed by atoms with Crippen LogP contribution in [0.25, 0.3) is 0 Å². The van der Waals surface area contributed by atoms with Gasteiger partial charge in [-0.3, -0.25) is 4.79 Å². The van der Waals surface area contributed by atoms with E-state index in [0.29, 0.717) is 5.56 Å². The summed E-state index contributed by atoms with van der Waals surface area (Å²) in [7, 11) is 0. The van der Waals surface area contributed by atoms with Crippen LogP contribution >= 0.6 is 0 Å². The number of carbonyl (C=O) groups is 2. The number of para-hydroxylation sites is 1. The van der Waals surface area contributed by atoms with E-state index in [1.807, 2.05) is 18.2 Å². The van der Waals surface area contributed by atoms with Crippen molar-refractivity contribution >= 4 is 11.9 Å². The Hall–Kier alpha value is -2.82. The fourth-order valence-corrected chi connectivity index (χ4v) is 3.17. The Morgan fingerprint density at radius 2 is 2.00 bits per heavy atom. The lowest BCUT2D eigenvalue weighted by molar-refractivity contribution is -0.125. The van der Waals surface area contributed by atoms with Crippen molar-refractivity contribution in [1.82, 2.24) is 5.32 Å². The van der Waals surface area contributed by atoms with Gasteiger partial charge in [0.2, 0.25) is 0 Å². The number of esters is 1. The molecule has 5 heteroatoms. The highest BCUT2D eigenvalue weighted by atomic mass is 16.5. The molecule has 0 radical (unpaired) electrons. The molecule has 1 atom stereocenters. The summed E-state index contributed by atoms with van der Waals surface area (Å²) < 4.78 is 5.04. The molecule has 0 aliphatic heterocycles. The fraction of sp³-hybridized carbons (Fsp3) is 0.300. The van der Waals surface area contributed by atoms with Crippen LogP contribution in [0.3, 0.4) is 0 Å². The first-order valence-electron chi connectivity index (χ1n) is 8.39. The van der Waals surface area contributed by atoms with Crippen LogP contribution < -0.4 is 5.32 Å². The Kier molecular flexibility index (Phi) is 5.03. The summed E-state index contributed by atoms with van der Waals surface area (Å²) in [4.78, 5) is 24.2. The summed E-state index contributed by atoms with van der Waals surface area (Å²) in [5, 5.41) is 12.8. The van der Waals surface area contributed by atoms with Crippen LogP contribution in [0, 0.1) is 6.92 Å². The first-order chi connectivity index (χ1) is 12.1. The molecule has 0 saturated carbocycles. The van der Waals surface area contributed by atoms with Crippen LogP contribution in [-0.4, -0.2) is 23.6 Å². The van der Waals surface area contributed by atoms with Gasteiger partial charge in [0.25, 0.3) is 5.91 Å². The molecule has 2 aromatic carbocycles. The predicted molar refractivity (Wildman–Crippen MR) is 93.4 cm³/mol. The van der Waals surface area contributed by atoms with E-state index in [2.05, 4.69) is 11.4 Å². The first-order valence-corrected chi connectivity index (χ1v) is 8.39. The van der Waals surface area contributed by atoms with Crippen LogP contribution in [0.15, 0.2) is 42.5 Å². The highest BCUT2D eigenvalue weighted by Crippen LogP contribution is 2.29. The Morgan fingerprint density at radius 1 is 1.20 bits per heavy atom. The second-order valence-electron chi connectivity index (χ2n) is 6.26. The van der Waals surface area contributed by atoms with E-state index >= 15 is 0 Å². The third kappa shape index (κ3) is 3.82. The second-order valence-corrected chi connectivity index (χ2v) is 6.26. The van der Waals surface area contributed by atoms with E-state index in [4.69, 9.17) is 4.74 Å². The van der Waals surface area contributed by atoms with Crippen molar-refractivity contribution in [3.63, 3.8) is 0 Å². The molecule has 1 unspecified atom stereocenters. The summed E-state index contributed by atoms with van der Waals surface area (Å²) in [6.45, 7) is 1.32. The van der Waals surface area contributed by atoms with Gasteiger partial charge in [-0.15, -0.1) is 0 Å². The molecule has 25 heavy (non-hydrogen) atoms. The lowest BCUT2D eigenvalue weighted by Crippen LogP contribution is -2.34. The number of phenolic OH excluding ortho intramolecular Hbond substituents is 1. The lowest BCUT2D eigenvalue weighted by Gasteiger charge is -2.26. The Labute approximate surface area is 146 Å². The van der Waals surface area contributed by atoms with Crippen molar-refractivity contribution in [2.45, 2.75) is 32.2 Å². The van der Waals surface area contributed by atoms with Crippen molar-refractivity contribution < 1.29 is 19.4 Å². The summed E-state index contributed by atoms with van der Waals surface area (Å²) in [6, 6.07) is 12.8. The van der Waals surface area contributed by atoms with Gasteiger partial charge in [-0.25, -0.2) is 4.79 Å². The monoisotopic (exact) mass is 339 g/mol. The number of carbonyl (C=O) groups excluding carboxylic acids is 2. The zero-order valence-corrected chi connectivity index (χ0v) is 14.1. The van der Waals surface area contributed by atoms with Crippen LogP contribution in [0.1, 0.15) is 45.9 Å². The quantitative estimate of drug-likeness (QED) is 0.840. The summed E-state index contributed by atoms with van der Waals surface area (Å²) >= 11 is 0. The van der Waals surface area contributed by atoms with E-state index in [9.17, 15) is 14.7 Å². The maximum absolute atomic E-state index is 12.2. The third-order valence-corrected chi connectivity index (χ3v) is 4.50. The smallest absolute Gasteiger partial charge is 0.342 e. The maximum Gasteiger partial charge on any atom is 0.342 e. The fourth-order valence-electron chi connectivity index (χ4n) is 3.17. The van der Waals surface area contributed by atoms with Crippen LogP contribution in [-0.2, 0) is 16.0 Å². The average Bonchev–Trinajstić information content (AvgIpc) is 2.62. The maximum atomic E-state index is 12.2. The summed E-state index contributed by atoms with van der Waals surface area (Å²) in [5.41, 5.74) is 3.03. The molecule has 2 aromatic rings. The normalized spacial score (nSPS) is 16.0. The number of fused-ring (bicyclic) bond motifs is 1. The highest BCUT2D eigenvalue weighted by molar-refractivity contribution is 5.94. The molecule has 1 amide bonds. The Bertz CT molecular complexity index is 800. The minimum absolute atomic E-state index is 0.0523. The number of amides is 1. The van der Waals surface area contributed by atoms with Crippen molar-refractivity contribution in [2.24, 2.45) is 0 Å². The van der Waals surface area contributed by atoms with Crippen LogP contribution in [0.2, 0.25) is 0 Å². The topological polar surface area (TPSA) is 75.6 Å². The first kappa shape index (κ1) is 17.0. The number of aromatic hydroxyl groups is 1. The van der Waals surface area contributed by atoms with E-state index in [1.165, 1.54) is 11.6 Å². The number of ether oxygens (including phenoxy) is 1. The van der Waals surface area contributed by atoms with E-state index in [-0.39, 0.29) is 29.9 Å². The van der Waals surface area contributed by atoms with E-state index < -0.39 is 5.97 Å². The molecule has 1 aliphatic rings. The van der Waals surface area contributed by atoms with Gasteiger partial charge >= 0.3 is 5.97 Å². The molecule has 0 saturated heterocycles. The number of benzene rings is 2. The molecular formula is C20H21NO4. The molecule has 0 spiro atoms. The van der Waals surface area contributed by atoms with Gasteiger partial charge in [0, 0.05) is 0 Å². The number of hydrogen-bond donors (Lipinski definition) is 2. The van der Waals surface area contributed by atoms with E-state index in [1.54, 1.807) is 19.1 Å². The molecule has 0 heterocycles. The average molecular weight is 339 g/mol. The second kappa shape index (κ2) is 7.38. The minimum atomic E-state index is -0.708. The highest BCUT2D eigenvalue weighted by Gasteiger charge is 2.22. The SMILES string of the molecule is Cc1cccc(C(=O)OCC(=O)NC2CCCc3ccccc32)c1O. The summed E-state index contributed by atoms with van der Waals surface area (Å²) in [6.07, 6.45) is 2.90. The number of phenols is 1. The van der Waals surface area contributed by atoms with Crippen molar-refractivity contribution in [3.8, 4) is 5.75 Å². The van der Waals surface area contributed by atoms with Crippen LogP contribution in [0.4, 0.5) is 0 Å². The van der Waals surface area contributed by atoms with Gasteiger partial charge in [-0.05, 0) is 48.9 Å². The standard InChI is InChI=1S/C20H21NO4/c1-13-6-4-10-16(19(13)23)20(24)25-12-18(22)21-17-11-5-8-14-7-2-3-9-15(14)17/h2-4,6-7,9-10,17,23H,5,8,11-12H2,1H3,(H,21,22). The van der Waals surface area contributed by atoms with Gasteiger partial charge in [-0.1, -0.05) is 36.4 Å². The number of hydrogen-bond acceptors (Lipinski definition) is 4. The van der Waals surface area contributed by atoms with Gasteiger partial charge < -0.3 is 15.2 Å². The number of aryl methyl sites for hydroxylation is 2. The molecule has 0 fully saturated rings. The van der Waals surface area contributed by atoms with Crippen molar-refractivity contribution in [1.29, 1.82) is 0 Å². The molecular weight excluding hydrogens is 318 g/mol. The molecule has 3 rings (SSSR count). The lowest BCUT2D eigenvalue weighted by atomic mass is 9.88. The van der Waals surface area contributed by atoms with Crippen molar-refractivity contribution in [3.05, 3.63) is 64.7 Å². The molecule has 2 N–H and O–H groups in total.